The molecule has 0 atom stereocenters. The van der Waals surface area contributed by atoms with E-state index in [1.165, 1.54) is 24.7 Å². The van der Waals surface area contributed by atoms with Gasteiger partial charge < -0.3 is 20.9 Å². The van der Waals surface area contributed by atoms with Crippen LogP contribution >= 0.6 is 11.3 Å². The number of benzene rings is 2. The molecule has 3 aromatic rings. The SMILES string of the molecule is COc1ccc(C=NNC(=O)c2sc(-c3ccccc3)cc2N)cc1OCC(N)=O. The molecule has 0 saturated carbocycles. The molecular weight excluding hydrogens is 404 g/mol. The molecular formula is C21H20N4O4S. The van der Waals surface area contributed by atoms with Crippen LogP contribution < -0.4 is 26.4 Å². The lowest BCUT2D eigenvalue weighted by molar-refractivity contribution is -0.119. The lowest BCUT2D eigenvalue weighted by Crippen LogP contribution is -2.20. The summed E-state index contributed by atoms with van der Waals surface area (Å²) in [6.45, 7) is -0.283. The van der Waals surface area contributed by atoms with Crippen LogP contribution in [-0.2, 0) is 4.79 Å². The maximum atomic E-state index is 12.5. The van der Waals surface area contributed by atoms with Gasteiger partial charge in [-0.2, -0.15) is 5.10 Å². The minimum Gasteiger partial charge on any atom is -0.493 e. The number of methoxy groups -OCH3 is 1. The number of carbonyl (C=O) groups excluding carboxylic acids is 2. The fourth-order valence-electron chi connectivity index (χ4n) is 2.58. The molecule has 0 aliphatic rings. The van der Waals surface area contributed by atoms with Crippen molar-refractivity contribution in [2.24, 2.45) is 10.8 Å². The van der Waals surface area contributed by atoms with E-state index in [1.54, 1.807) is 24.3 Å². The second-order valence-electron chi connectivity index (χ2n) is 6.13. The molecule has 0 spiro atoms. The molecule has 0 unspecified atom stereocenters. The highest BCUT2D eigenvalue weighted by Gasteiger charge is 2.15. The van der Waals surface area contributed by atoms with E-state index in [1.807, 2.05) is 30.3 Å². The second-order valence-corrected chi connectivity index (χ2v) is 7.18. The Balaban J connectivity index is 1.69. The van der Waals surface area contributed by atoms with Gasteiger partial charge in [0.1, 0.15) is 4.88 Å². The molecule has 0 saturated heterocycles. The number of nitrogens with zero attached hydrogens (tertiary/aromatic N) is 1. The lowest BCUT2D eigenvalue weighted by Gasteiger charge is -2.09. The topological polar surface area (TPSA) is 129 Å². The molecule has 0 fully saturated rings. The summed E-state index contributed by atoms with van der Waals surface area (Å²) in [5.41, 5.74) is 15.6. The van der Waals surface area contributed by atoms with E-state index in [2.05, 4.69) is 10.5 Å². The summed E-state index contributed by atoms with van der Waals surface area (Å²) in [5.74, 6) is -0.236. The zero-order chi connectivity index (χ0) is 21.5. The van der Waals surface area contributed by atoms with Gasteiger partial charge in [-0.3, -0.25) is 9.59 Å². The molecule has 2 amide bonds. The molecule has 8 nitrogen and oxygen atoms in total. The predicted octanol–water partition coefficient (Wildman–Crippen LogP) is 2.63. The van der Waals surface area contributed by atoms with Gasteiger partial charge in [-0.05, 0) is 35.4 Å². The summed E-state index contributed by atoms with van der Waals surface area (Å²) in [6, 6.07) is 16.4. The van der Waals surface area contributed by atoms with Crippen molar-refractivity contribution in [3.8, 4) is 21.9 Å². The summed E-state index contributed by atoms with van der Waals surface area (Å²) >= 11 is 1.29. The van der Waals surface area contributed by atoms with Gasteiger partial charge in [-0.1, -0.05) is 30.3 Å². The highest BCUT2D eigenvalue weighted by atomic mass is 32.1. The van der Waals surface area contributed by atoms with Crippen molar-refractivity contribution in [1.29, 1.82) is 0 Å². The van der Waals surface area contributed by atoms with Crippen LogP contribution in [0.4, 0.5) is 5.69 Å². The van der Waals surface area contributed by atoms with Gasteiger partial charge in [0.2, 0.25) is 0 Å². The Morgan fingerprint density at radius 2 is 1.90 bits per heavy atom. The van der Waals surface area contributed by atoms with Crippen molar-refractivity contribution in [1.82, 2.24) is 5.43 Å². The molecule has 1 heterocycles. The van der Waals surface area contributed by atoms with Gasteiger partial charge in [-0.15, -0.1) is 11.3 Å². The molecule has 0 aliphatic heterocycles. The van der Waals surface area contributed by atoms with E-state index in [9.17, 15) is 9.59 Å². The first-order valence-electron chi connectivity index (χ1n) is 8.85. The van der Waals surface area contributed by atoms with Crippen molar-refractivity contribution >= 4 is 35.1 Å². The van der Waals surface area contributed by atoms with E-state index >= 15 is 0 Å². The minimum absolute atomic E-state index is 0.283. The number of nitrogen functional groups attached to an aromatic ring is 1. The Bertz CT molecular complexity index is 1080. The van der Waals surface area contributed by atoms with E-state index in [-0.39, 0.29) is 6.61 Å². The molecule has 3 rings (SSSR count). The summed E-state index contributed by atoms with van der Waals surface area (Å²) in [6.07, 6.45) is 1.44. The number of rotatable bonds is 8. The van der Waals surface area contributed by atoms with Crippen LogP contribution in [0.15, 0.2) is 59.7 Å². The number of anilines is 1. The fraction of sp³-hybridized carbons (Fsp3) is 0.0952. The number of carbonyl (C=O) groups is 2. The molecule has 2 aromatic carbocycles. The number of nitrogens with one attached hydrogen (secondary N) is 1. The number of ether oxygens (including phenoxy) is 2. The number of amides is 2. The average Bonchev–Trinajstić information content (AvgIpc) is 3.14. The van der Waals surface area contributed by atoms with E-state index in [0.717, 1.165) is 10.4 Å². The van der Waals surface area contributed by atoms with Gasteiger partial charge in [0.15, 0.2) is 18.1 Å². The number of hydrogen-bond donors (Lipinski definition) is 3. The first-order valence-corrected chi connectivity index (χ1v) is 9.67. The average molecular weight is 424 g/mol. The Hall–Kier alpha value is -3.85. The Kier molecular flexibility index (Phi) is 6.66. The smallest absolute Gasteiger partial charge is 0.283 e. The number of hydrazone groups is 1. The van der Waals surface area contributed by atoms with Crippen LogP contribution in [0.2, 0.25) is 0 Å². The van der Waals surface area contributed by atoms with Crippen LogP contribution in [0, 0.1) is 0 Å². The number of thiophene rings is 1. The molecule has 30 heavy (non-hydrogen) atoms. The molecule has 5 N–H and O–H groups in total. The third kappa shape index (κ3) is 5.15. The lowest BCUT2D eigenvalue weighted by atomic mass is 10.2. The summed E-state index contributed by atoms with van der Waals surface area (Å²) < 4.78 is 10.5. The standard InChI is InChI=1S/C21H20N4O4S/c1-28-16-8-7-13(9-17(16)29-12-19(23)26)11-24-25-21(27)20-15(22)10-18(30-20)14-5-3-2-4-6-14/h2-11H,12,22H2,1H3,(H2,23,26)(H,25,27). The van der Waals surface area contributed by atoms with Crippen LogP contribution in [-0.4, -0.2) is 31.7 Å². The maximum absolute atomic E-state index is 12.5. The normalized spacial score (nSPS) is 10.7. The summed E-state index contributed by atoms with van der Waals surface area (Å²) in [5, 5.41) is 3.97. The number of nitrogens with two attached hydrogens (primary N) is 2. The third-order valence-electron chi connectivity index (χ3n) is 3.96. The van der Waals surface area contributed by atoms with Gasteiger partial charge in [0.25, 0.3) is 11.8 Å². The van der Waals surface area contributed by atoms with Crippen LogP contribution in [0.1, 0.15) is 15.2 Å². The maximum Gasteiger partial charge on any atom is 0.283 e. The summed E-state index contributed by atoms with van der Waals surface area (Å²) in [4.78, 5) is 24.7. The number of hydrogen-bond acceptors (Lipinski definition) is 7. The zero-order valence-corrected chi connectivity index (χ0v) is 16.9. The highest BCUT2D eigenvalue weighted by molar-refractivity contribution is 7.18. The Morgan fingerprint density at radius 1 is 1.13 bits per heavy atom. The predicted molar refractivity (Wildman–Crippen MR) is 117 cm³/mol. The van der Waals surface area contributed by atoms with Crippen molar-refractivity contribution < 1.29 is 19.1 Å². The molecule has 9 heteroatoms. The first kappa shape index (κ1) is 20.9. The highest BCUT2D eigenvalue weighted by Crippen LogP contribution is 2.33. The molecule has 1 aromatic heterocycles. The molecule has 154 valence electrons. The number of primary amides is 1. The fourth-order valence-corrected chi connectivity index (χ4v) is 3.55. The quantitative estimate of drug-likeness (QED) is 0.378. The monoisotopic (exact) mass is 424 g/mol. The van der Waals surface area contributed by atoms with Crippen molar-refractivity contribution in [3.05, 3.63) is 65.0 Å². The van der Waals surface area contributed by atoms with Gasteiger partial charge in [0.05, 0.1) is 19.0 Å². The van der Waals surface area contributed by atoms with E-state index < -0.39 is 11.8 Å². The second kappa shape index (κ2) is 9.57. The molecule has 0 aliphatic carbocycles. The van der Waals surface area contributed by atoms with Gasteiger partial charge >= 0.3 is 0 Å². The van der Waals surface area contributed by atoms with Gasteiger partial charge in [0, 0.05) is 4.88 Å². The van der Waals surface area contributed by atoms with Crippen molar-refractivity contribution in [2.75, 3.05) is 19.5 Å². The van der Waals surface area contributed by atoms with Crippen LogP contribution in [0.3, 0.4) is 0 Å². The van der Waals surface area contributed by atoms with Crippen LogP contribution in [0.5, 0.6) is 11.5 Å². The first-order chi connectivity index (χ1) is 14.5. The largest absolute Gasteiger partial charge is 0.493 e. The third-order valence-corrected chi connectivity index (χ3v) is 5.16. The molecule has 0 bridgehead atoms. The zero-order valence-electron chi connectivity index (χ0n) is 16.1. The van der Waals surface area contributed by atoms with E-state index in [4.69, 9.17) is 20.9 Å². The van der Waals surface area contributed by atoms with Crippen molar-refractivity contribution in [2.45, 2.75) is 0 Å². The van der Waals surface area contributed by atoms with Gasteiger partial charge in [-0.25, -0.2) is 5.43 Å². The summed E-state index contributed by atoms with van der Waals surface area (Å²) in [7, 11) is 1.48. The molecule has 0 radical (unpaired) electrons. The Morgan fingerprint density at radius 3 is 2.60 bits per heavy atom. The van der Waals surface area contributed by atoms with Crippen LogP contribution in [0.25, 0.3) is 10.4 Å². The van der Waals surface area contributed by atoms with E-state index in [0.29, 0.717) is 27.6 Å². The van der Waals surface area contributed by atoms with Crippen molar-refractivity contribution in [3.63, 3.8) is 0 Å². The minimum atomic E-state index is -0.605. The Labute approximate surface area is 177 Å².